The number of thioether (sulfide) groups is 1. The lowest BCUT2D eigenvalue weighted by Crippen LogP contribution is -2.26. The van der Waals surface area contributed by atoms with Gasteiger partial charge < -0.3 is 14.2 Å². The summed E-state index contributed by atoms with van der Waals surface area (Å²) >= 11 is 1.84. The van der Waals surface area contributed by atoms with E-state index >= 15 is 0 Å². The van der Waals surface area contributed by atoms with Crippen molar-refractivity contribution in [1.82, 2.24) is 0 Å². The molecule has 7 heteroatoms. The van der Waals surface area contributed by atoms with Crippen LogP contribution >= 0.6 is 11.8 Å². The van der Waals surface area contributed by atoms with Gasteiger partial charge in [0.05, 0.1) is 14.2 Å². The van der Waals surface area contributed by atoms with Gasteiger partial charge in [0.15, 0.2) is 5.92 Å². The van der Waals surface area contributed by atoms with E-state index in [0.717, 1.165) is 23.5 Å². The highest BCUT2D eigenvalue weighted by Gasteiger charge is 2.27. The number of benzene rings is 1. The van der Waals surface area contributed by atoms with Gasteiger partial charge in [0.2, 0.25) is 0 Å². The molecule has 0 fully saturated rings. The lowest BCUT2D eigenvalue weighted by molar-refractivity contribution is -0.159. The van der Waals surface area contributed by atoms with Crippen LogP contribution < -0.4 is 0 Å². The summed E-state index contributed by atoms with van der Waals surface area (Å²) in [5, 5.41) is 0. The fraction of sp³-hybridized carbons (Fsp3) is 0.500. The minimum Gasteiger partial charge on any atom is -0.468 e. The number of hydrogen-bond donors (Lipinski definition) is 0. The molecule has 0 saturated carbocycles. The van der Waals surface area contributed by atoms with Gasteiger partial charge >= 0.3 is 17.9 Å². The molecule has 0 aromatic heterocycles. The zero-order valence-electron chi connectivity index (χ0n) is 17.3. The van der Waals surface area contributed by atoms with Gasteiger partial charge in [-0.3, -0.25) is 14.4 Å². The van der Waals surface area contributed by atoms with Gasteiger partial charge in [0.25, 0.3) is 0 Å². The normalized spacial score (nSPS) is 11.2. The third-order valence-corrected chi connectivity index (χ3v) is 5.29. The summed E-state index contributed by atoms with van der Waals surface area (Å²) < 4.78 is 14.5. The average molecular weight is 423 g/mol. The van der Waals surface area contributed by atoms with Crippen LogP contribution in [0.2, 0.25) is 0 Å². The van der Waals surface area contributed by atoms with E-state index < -0.39 is 17.9 Å². The van der Waals surface area contributed by atoms with E-state index in [4.69, 9.17) is 4.74 Å². The highest BCUT2D eigenvalue weighted by atomic mass is 32.2. The molecule has 0 heterocycles. The van der Waals surface area contributed by atoms with E-state index in [0.29, 0.717) is 19.3 Å². The van der Waals surface area contributed by atoms with Crippen LogP contribution in [0.1, 0.15) is 38.2 Å². The van der Waals surface area contributed by atoms with Crippen LogP contribution in [0, 0.1) is 5.92 Å². The first-order valence-corrected chi connectivity index (χ1v) is 10.7. The van der Waals surface area contributed by atoms with Gasteiger partial charge in [-0.2, -0.15) is 11.8 Å². The fourth-order valence-electron chi connectivity index (χ4n) is 2.69. The standard InChI is InChI=1S/C22H30O6S/c1-17(23)28-15-18(11-7-13-20(21(24)26-2)22(25)27-3)12-8-14-29-16-19-9-5-4-6-10-19/h4-6,9-10,12,20H,7-8,11,13-16H2,1-3H3/b18-12+. The number of rotatable bonds is 13. The van der Waals surface area contributed by atoms with Crippen LogP contribution in [0.5, 0.6) is 0 Å². The molecule has 29 heavy (non-hydrogen) atoms. The Kier molecular flexibility index (Phi) is 12.5. The third-order valence-electron chi connectivity index (χ3n) is 4.23. The van der Waals surface area contributed by atoms with E-state index in [9.17, 15) is 14.4 Å². The maximum absolute atomic E-state index is 11.8. The maximum atomic E-state index is 11.8. The second kappa shape index (κ2) is 14.7. The molecule has 0 radical (unpaired) electrons. The Balaban J connectivity index is 2.50. The van der Waals surface area contributed by atoms with E-state index in [1.807, 2.05) is 30.0 Å². The molecular formula is C22H30O6S. The Morgan fingerprint density at radius 2 is 1.72 bits per heavy atom. The molecule has 160 valence electrons. The number of methoxy groups -OCH3 is 2. The largest absolute Gasteiger partial charge is 0.468 e. The van der Waals surface area contributed by atoms with Crippen molar-refractivity contribution in [1.29, 1.82) is 0 Å². The van der Waals surface area contributed by atoms with Crippen molar-refractivity contribution in [2.45, 2.75) is 38.4 Å². The second-order valence-electron chi connectivity index (χ2n) is 6.46. The summed E-state index contributed by atoms with van der Waals surface area (Å²) in [4.78, 5) is 34.7. The molecule has 1 aromatic rings. The van der Waals surface area contributed by atoms with E-state index in [-0.39, 0.29) is 12.6 Å². The van der Waals surface area contributed by atoms with Crippen LogP contribution in [0.15, 0.2) is 42.0 Å². The van der Waals surface area contributed by atoms with Crippen LogP contribution in [-0.4, -0.2) is 44.5 Å². The minimum atomic E-state index is -0.929. The highest BCUT2D eigenvalue weighted by molar-refractivity contribution is 7.98. The van der Waals surface area contributed by atoms with Crippen molar-refractivity contribution < 1.29 is 28.6 Å². The van der Waals surface area contributed by atoms with Crippen LogP contribution in [0.4, 0.5) is 0 Å². The van der Waals surface area contributed by atoms with Gasteiger partial charge in [-0.1, -0.05) is 36.4 Å². The molecule has 0 aliphatic heterocycles. The summed E-state index contributed by atoms with van der Waals surface area (Å²) in [7, 11) is 2.49. The van der Waals surface area contributed by atoms with Crippen molar-refractivity contribution in [3.63, 3.8) is 0 Å². The summed E-state index contributed by atoms with van der Waals surface area (Å²) in [6.45, 7) is 1.59. The fourth-order valence-corrected chi connectivity index (χ4v) is 3.54. The lowest BCUT2D eigenvalue weighted by Gasteiger charge is -2.13. The summed E-state index contributed by atoms with van der Waals surface area (Å²) in [6, 6.07) is 10.3. The molecule has 1 rings (SSSR count). The molecular weight excluding hydrogens is 392 g/mol. The molecule has 0 amide bonds. The second-order valence-corrected chi connectivity index (χ2v) is 7.57. The van der Waals surface area contributed by atoms with Gasteiger partial charge in [0, 0.05) is 12.7 Å². The number of carbonyl (C=O) groups excluding carboxylic acids is 3. The first-order valence-electron chi connectivity index (χ1n) is 9.56. The van der Waals surface area contributed by atoms with Gasteiger partial charge in [-0.25, -0.2) is 0 Å². The number of carbonyl (C=O) groups is 3. The van der Waals surface area contributed by atoms with E-state index in [2.05, 4.69) is 27.7 Å². The van der Waals surface area contributed by atoms with Crippen molar-refractivity contribution in [3.05, 3.63) is 47.5 Å². The molecule has 0 atom stereocenters. The lowest BCUT2D eigenvalue weighted by atomic mass is 9.99. The Labute approximate surface area is 177 Å². The Morgan fingerprint density at radius 3 is 2.31 bits per heavy atom. The van der Waals surface area contributed by atoms with Crippen LogP contribution in [0.3, 0.4) is 0 Å². The molecule has 0 N–H and O–H groups in total. The van der Waals surface area contributed by atoms with Gasteiger partial charge in [-0.15, -0.1) is 0 Å². The predicted molar refractivity (Wildman–Crippen MR) is 113 cm³/mol. The molecule has 0 bridgehead atoms. The van der Waals surface area contributed by atoms with Crippen LogP contribution in [-0.2, 0) is 34.3 Å². The number of esters is 3. The quantitative estimate of drug-likeness (QED) is 0.157. The number of hydrogen-bond acceptors (Lipinski definition) is 7. The minimum absolute atomic E-state index is 0.222. The topological polar surface area (TPSA) is 78.9 Å². The SMILES string of the molecule is COC(=O)C(CCC/C(=C\CCSCc1ccccc1)COC(C)=O)C(=O)OC. The molecule has 1 aromatic carbocycles. The molecule has 0 unspecified atom stereocenters. The molecule has 0 saturated heterocycles. The predicted octanol–water partition coefficient (Wildman–Crippen LogP) is 3.93. The molecule has 0 aliphatic carbocycles. The summed E-state index contributed by atoms with van der Waals surface area (Å²) in [5.41, 5.74) is 2.27. The monoisotopic (exact) mass is 422 g/mol. The Hall–Kier alpha value is -2.28. The smallest absolute Gasteiger partial charge is 0.320 e. The summed E-state index contributed by atoms with van der Waals surface area (Å²) in [6.07, 6.45) is 4.46. The van der Waals surface area contributed by atoms with Crippen molar-refractivity contribution in [2.75, 3.05) is 26.6 Å². The zero-order chi connectivity index (χ0) is 21.5. The average Bonchev–Trinajstić information content (AvgIpc) is 2.73. The van der Waals surface area contributed by atoms with Gasteiger partial charge in [0.1, 0.15) is 6.61 Å². The number of allylic oxidation sites excluding steroid dienone is 1. The van der Waals surface area contributed by atoms with Crippen molar-refractivity contribution >= 4 is 29.7 Å². The first kappa shape index (κ1) is 24.8. The molecule has 0 aliphatic rings. The first-order chi connectivity index (χ1) is 14.0. The van der Waals surface area contributed by atoms with Crippen molar-refractivity contribution in [2.24, 2.45) is 5.92 Å². The summed E-state index contributed by atoms with van der Waals surface area (Å²) in [5.74, 6) is -0.559. The Bertz CT molecular complexity index is 655. The molecule has 6 nitrogen and oxygen atoms in total. The Morgan fingerprint density at radius 1 is 1.07 bits per heavy atom. The van der Waals surface area contributed by atoms with E-state index in [1.54, 1.807) is 0 Å². The maximum Gasteiger partial charge on any atom is 0.320 e. The zero-order valence-corrected chi connectivity index (χ0v) is 18.2. The highest BCUT2D eigenvalue weighted by Crippen LogP contribution is 2.18. The van der Waals surface area contributed by atoms with Crippen LogP contribution in [0.25, 0.3) is 0 Å². The number of ether oxygens (including phenoxy) is 3. The molecule has 0 spiro atoms. The third kappa shape index (κ3) is 10.7. The van der Waals surface area contributed by atoms with E-state index in [1.165, 1.54) is 26.7 Å². The van der Waals surface area contributed by atoms with Crippen molar-refractivity contribution in [3.8, 4) is 0 Å². The van der Waals surface area contributed by atoms with Gasteiger partial charge in [-0.05, 0) is 42.6 Å².